The molecule has 3 rings (SSSR count). The summed E-state index contributed by atoms with van der Waals surface area (Å²) >= 11 is 0. The second kappa shape index (κ2) is 9.10. The van der Waals surface area contributed by atoms with E-state index in [9.17, 15) is 13.6 Å². The van der Waals surface area contributed by atoms with E-state index in [0.29, 0.717) is 6.04 Å². The van der Waals surface area contributed by atoms with Gasteiger partial charge < -0.3 is 10.6 Å². The van der Waals surface area contributed by atoms with Gasteiger partial charge in [0.25, 0.3) is 0 Å². The van der Waals surface area contributed by atoms with Gasteiger partial charge in [-0.05, 0) is 61.7 Å². The summed E-state index contributed by atoms with van der Waals surface area (Å²) in [7, 11) is 0. The lowest BCUT2D eigenvalue weighted by atomic mass is 9.91. The topological polar surface area (TPSA) is 41.1 Å². The van der Waals surface area contributed by atoms with E-state index in [1.807, 2.05) is 0 Å². The third-order valence-electron chi connectivity index (χ3n) is 4.69. The minimum atomic E-state index is -0.432. The predicted octanol–water partition coefficient (Wildman–Crippen LogP) is 3.98. The molecule has 1 fully saturated rings. The summed E-state index contributed by atoms with van der Waals surface area (Å²) in [6.45, 7) is 2.88. The summed E-state index contributed by atoms with van der Waals surface area (Å²) < 4.78 is 26.5. The fraction of sp³-hybridized carbons (Fsp3) is 0.350. The minimum absolute atomic E-state index is 0. The van der Waals surface area contributed by atoms with Gasteiger partial charge in [-0.2, -0.15) is 0 Å². The molecule has 1 aliphatic heterocycles. The summed E-state index contributed by atoms with van der Waals surface area (Å²) in [5.74, 6) is -0.744. The molecule has 2 aromatic carbocycles. The van der Waals surface area contributed by atoms with Crippen LogP contribution in [0.25, 0.3) is 0 Å². The first-order valence-electron chi connectivity index (χ1n) is 8.57. The van der Waals surface area contributed by atoms with Crippen molar-refractivity contribution < 1.29 is 13.6 Å². The highest BCUT2D eigenvalue weighted by atomic mass is 35.5. The molecule has 6 heteroatoms. The van der Waals surface area contributed by atoms with Gasteiger partial charge in [0, 0.05) is 12.0 Å². The molecule has 0 saturated carbocycles. The van der Waals surface area contributed by atoms with E-state index < -0.39 is 6.04 Å². The second-order valence-corrected chi connectivity index (χ2v) is 6.62. The largest absolute Gasteiger partial charge is 0.345 e. The number of halogens is 3. The van der Waals surface area contributed by atoms with Gasteiger partial charge in [0.05, 0.1) is 6.04 Å². The van der Waals surface area contributed by atoms with Gasteiger partial charge in [0.15, 0.2) is 0 Å². The molecule has 0 aliphatic carbocycles. The van der Waals surface area contributed by atoms with E-state index in [1.165, 1.54) is 24.3 Å². The smallest absolute Gasteiger partial charge is 0.223 e. The Morgan fingerprint density at radius 1 is 1.04 bits per heavy atom. The lowest BCUT2D eigenvalue weighted by molar-refractivity contribution is -0.126. The van der Waals surface area contributed by atoms with Crippen molar-refractivity contribution in [3.63, 3.8) is 0 Å². The number of carbonyl (C=O) groups excluding carboxylic acids is 1. The summed E-state index contributed by atoms with van der Waals surface area (Å²) in [5.41, 5.74) is 1.53. The van der Waals surface area contributed by atoms with Crippen LogP contribution < -0.4 is 10.6 Å². The molecular weight excluding hydrogens is 358 g/mol. The van der Waals surface area contributed by atoms with Crippen molar-refractivity contribution in [2.75, 3.05) is 6.54 Å². The molecule has 1 aliphatic rings. The Morgan fingerprint density at radius 2 is 1.54 bits per heavy atom. The summed E-state index contributed by atoms with van der Waals surface area (Å²) in [4.78, 5) is 12.7. The van der Waals surface area contributed by atoms with E-state index in [0.717, 1.165) is 30.5 Å². The Bertz CT molecular complexity index is 676. The number of carbonyl (C=O) groups is 1. The molecule has 0 radical (unpaired) electrons. The van der Waals surface area contributed by atoms with Crippen molar-refractivity contribution in [3.8, 4) is 0 Å². The standard InChI is InChI=1S/C20H22F2N2O.ClH/c1-13-12-16(10-11-23-13)20(25)24-19(14-2-6-17(21)7-3-14)15-4-8-18(22)9-5-15;/h2-9,13,16,19,23H,10-12H2,1H3,(H,24,25);1H/t13-,16-;/m0./s1. The molecule has 2 N–H and O–H groups in total. The predicted molar refractivity (Wildman–Crippen MR) is 100 cm³/mol. The minimum Gasteiger partial charge on any atom is -0.345 e. The fourth-order valence-corrected chi connectivity index (χ4v) is 3.30. The molecule has 1 saturated heterocycles. The number of hydrogen-bond donors (Lipinski definition) is 2. The van der Waals surface area contributed by atoms with Gasteiger partial charge in [0.1, 0.15) is 11.6 Å². The molecule has 0 unspecified atom stereocenters. The van der Waals surface area contributed by atoms with Crippen LogP contribution in [-0.4, -0.2) is 18.5 Å². The Morgan fingerprint density at radius 3 is 2.00 bits per heavy atom. The van der Waals surface area contributed by atoms with Crippen LogP contribution in [0.1, 0.15) is 36.9 Å². The summed E-state index contributed by atoms with van der Waals surface area (Å²) in [6.07, 6.45) is 1.57. The number of amides is 1. The van der Waals surface area contributed by atoms with Crippen molar-refractivity contribution in [1.29, 1.82) is 0 Å². The maximum absolute atomic E-state index is 13.3. The normalized spacial score (nSPS) is 19.7. The Labute approximate surface area is 158 Å². The van der Waals surface area contributed by atoms with Crippen LogP contribution in [0.3, 0.4) is 0 Å². The van der Waals surface area contributed by atoms with Gasteiger partial charge in [-0.15, -0.1) is 12.4 Å². The van der Waals surface area contributed by atoms with Gasteiger partial charge in [0.2, 0.25) is 5.91 Å². The van der Waals surface area contributed by atoms with E-state index in [2.05, 4.69) is 17.6 Å². The fourth-order valence-electron chi connectivity index (χ4n) is 3.30. The van der Waals surface area contributed by atoms with Crippen LogP contribution in [-0.2, 0) is 4.79 Å². The third-order valence-corrected chi connectivity index (χ3v) is 4.69. The second-order valence-electron chi connectivity index (χ2n) is 6.62. The summed E-state index contributed by atoms with van der Waals surface area (Å²) in [5, 5.41) is 6.40. The van der Waals surface area contributed by atoms with Crippen LogP contribution in [0.2, 0.25) is 0 Å². The van der Waals surface area contributed by atoms with Crippen molar-refractivity contribution in [3.05, 3.63) is 71.3 Å². The molecule has 0 spiro atoms. The van der Waals surface area contributed by atoms with E-state index >= 15 is 0 Å². The molecule has 0 aromatic heterocycles. The first kappa shape index (κ1) is 20.3. The first-order valence-corrected chi connectivity index (χ1v) is 8.57. The van der Waals surface area contributed by atoms with E-state index in [-0.39, 0.29) is 35.9 Å². The van der Waals surface area contributed by atoms with Crippen LogP contribution >= 0.6 is 12.4 Å². The first-order chi connectivity index (χ1) is 12.0. The molecule has 26 heavy (non-hydrogen) atoms. The molecule has 3 nitrogen and oxygen atoms in total. The molecule has 1 amide bonds. The van der Waals surface area contributed by atoms with Crippen LogP contribution in [0, 0.1) is 17.6 Å². The lowest BCUT2D eigenvalue weighted by Crippen LogP contribution is -2.43. The zero-order valence-electron chi connectivity index (χ0n) is 14.5. The maximum atomic E-state index is 13.3. The van der Waals surface area contributed by atoms with Crippen LogP contribution in [0.4, 0.5) is 8.78 Å². The maximum Gasteiger partial charge on any atom is 0.223 e. The zero-order chi connectivity index (χ0) is 17.8. The molecule has 1 heterocycles. The van der Waals surface area contributed by atoms with E-state index in [4.69, 9.17) is 0 Å². The third kappa shape index (κ3) is 5.02. The number of hydrogen-bond acceptors (Lipinski definition) is 2. The lowest BCUT2D eigenvalue weighted by Gasteiger charge is -2.29. The van der Waals surface area contributed by atoms with Crippen molar-refractivity contribution >= 4 is 18.3 Å². The van der Waals surface area contributed by atoms with Crippen molar-refractivity contribution in [1.82, 2.24) is 10.6 Å². The highest BCUT2D eigenvalue weighted by Crippen LogP contribution is 2.25. The SMILES string of the molecule is C[C@H]1C[C@@H](C(=O)NC(c2ccc(F)cc2)c2ccc(F)cc2)CCN1.Cl. The van der Waals surface area contributed by atoms with Gasteiger partial charge in [-0.1, -0.05) is 24.3 Å². The molecule has 2 aromatic rings. The van der Waals surface area contributed by atoms with Gasteiger partial charge in [-0.3, -0.25) is 4.79 Å². The molecule has 140 valence electrons. The Hall–Kier alpha value is -1.98. The number of benzene rings is 2. The Balaban J connectivity index is 0.00000243. The number of piperidine rings is 1. The number of nitrogens with one attached hydrogen (secondary N) is 2. The van der Waals surface area contributed by atoms with Crippen molar-refractivity contribution in [2.24, 2.45) is 5.92 Å². The zero-order valence-corrected chi connectivity index (χ0v) is 15.4. The van der Waals surface area contributed by atoms with E-state index in [1.54, 1.807) is 24.3 Å². The van der Waals surface area contributed by atoms with Crippen LogP contribution in [0.15, 0.2) is 48.5 Å². The monoisotopic (exact) mass is 380 g/mol. The molecular formula is C20H23ClF2N2O. The van der Waals surface area contributed by atoms with Crippen LogP contribution in [0.5, 0.6) is 0 Å². The highest BCUT2D eigenvalue weighted by Gasteiger charge is 2.27. The average molecular weight is 381 g/mol. The average Bonchev–Trinajstić information content (AvgIpc) is 2.61. The quantitative estimate of drug-likeness (QED) is 0.842. The summed E-state index contributed by atoms with van der Waals surface area (Å²) in [6, 6.07) is 11.9. The number of rotatable bonds is 4. The van der Waals surface area contributed by atoms with Gasteiger partial charge in [-0.25, -0.2) is 8.78 Å². The Kier molecular flexibility index (Phi) is 7.12. The van der Waals surface area contributed by atoms with Gasteiger partial charge >= 0.3 is 0 Å². The van der Waals surface area contributed by atoms with Crippen molar-refractivity contribution in [2.45, 2.75) is 31.8 Å². The molecule has 2 atom stereocenters. The highest BCUT2D eigenvalue weighted by molar-refractivity contribution is 5.85. The molecule has 0 bridgehead atoms.